The second-order valence-electron chi connectivity index (χ2n) is 6.26. The molecule has 1 aromatic heterocycles. The van der Waals surface area contributed by atoms with Crippen LogP contribution in [0.5, 0.6) is 5.75 Å². The first-order valence-corrected chi connectivity index (χ1v) is 9.33. The largest absolute Gasteiger partial charge is 0.496 e. The predicted molar refractivity (Wildman–Crippen MR) is 103 cm³/mol. The maximum Gasteiger partial charge on any atom is 0.259 e. The second-order valence-corrected chi connectivity index (χ2v) is 7.18. The lowest BCUT2D eigenvalue weighted by molar-refractivity contribution is 0.0271. The summed E-state index contributed by atoms with van der Waals surface area (Å²) in [7, 11) is 1.51. The number of nitrogens with one attached hydrogen (secondary N) is 1. The minimum Gasteiger partial charge on any atom is -0.496 e. The monoisotopic (exact) mass is 419 g/mol. The van der Waals surface area contributed by atoms with Gasteiger partial charge in [0.1, 0.15) is 17.1 Å². The Morgan fingerprint density at radius 1 is 1.31 bits per heavy atom. The van der Waals surface area contributed by atoms with Gasteiger partial charge in [-0.1, -0.05) is 28.1 Å². The molecular weight excluding hydrogens is 398 g/mol. The third-order valence-electron chi connectivity index (χ3n) is 4.54. The molecule has 0 spiro atoms. The molecule has 0 bridgehead atoms. The van der Waals surface area contributed by atoms with Gasteiger partial charge in [0.2, 0.25) is 0 Å². The number of nitrogens with two attached hydrogens (primary N) is 1. The Morgan fingerprint density at radius 3 is 2.81 bits per heavy atom. The van der Waals surface area contributed by atoms with E-state index in [2.05, 4.69) is 26.2 Å². The van der Waals surface area contributed by atoms with Gasteiger partial charge >= 0.3 is 0 Å². The van der Waals surface area contributed by atoms with E-state index in [1.807, 2.05) is 24.3 Å². The van der Waals surface area contributed by atoms with Gasteiger partial charge in [0.25, 0.3) is 5.91 Å². The summed E-state index contributed by atoms with van der Waals surface area (Å²) in [5.41, 5.74) is 7.24. The Morgan fingerprint density at radius 2 is 2.08 bits per heavy atom. The first kappa shape index (κ1) is 18.7. The van der Waals surface area contributed by atoms with Crippen molar-refractivity contribution >= 4 is 27.7 Å². The number of carbonyl (C=O) groups excluding carboxylic acids is 1. The van der Waals surface area contributed by atoms with Crippen LogP contribution in [-0.4, -0.2) is 30.1 Å². The van der Waals surface area contributed by atoms with Crippen LogP contribution in [0.25, 0.3) is 0 Å². The quantitative estimate of drug-likeness (QED) is 0.749. The van der Waals surface area contributed by atoms with Gasteiger partial charge in [-0.3, -0.25) is 4.79 Å². The second kappa shape index (κ2) is 8.51. The number of nitrogen functional groups attached to an aromatic ring is 1. The van der Waals surface area contributed by atoms with Crippen molar-refractivity contribution in [3.05, 3.63) is 52.1 Å². The molecule has 2 aromatic rings. The summed E-state index contributed by atoms with van der Waals surface area (Å²) < 4.78 is 12.3. The van der Waals surface area contributed by atoms with Crippen LogP contribution in [0.4, 0.5) is 5.82 Å². The molecule has 1 saturated carbocycles. The summed E-state index contributed by atoms with van der Waals surface area (Å²) in [6.07, 6.45) is 4.30. The van der Waals surface area contributed by atoms with E-state index >= 15 is 0 Å². The van der Waals surface area contributed by atoms with Crippen LogP contribution in [0.3, 0.4) is 0 Å². The Bertz CT molecular complexity index is 767. The van der Waals surface area contributed by atoms with E-state index in [9.17, 15) is 4.79 Å². The average Bonchev–Trinajstić information content (AvgIpc) is 3.07. The Hall–Kier alpha value is -2.12. The smallest absolute Gasteiger partial charge is 0.259 e. The van der Waals surface area contributed by atoms with Crippen molar-refractivity contribution < 1.29 is 14.3 Å². The number of hydrogen-bond acceptors (Lipinski definition) is 5. The lowest BCUT2D eigenvalue weighted by atomic mass is 10.1. The predicted octanol–water partition coefficient (Wildman–Crippen LogP) is 3.30. The highest BCUT2D eigenvalue weighted by Crippen LogP contribution is 2.26. The summed E-state index contributed by atoms with van der Waals surface area (Å²) in [5.74, 6) is 0.295. The maximum absolute atomic E-state index is 12.7. The highest BCUT2D eigenvalue weighted by Gasteiger charge is 2.31. The Labute approximate surface area is 161 Å². The molecule has 0 saturated heterocycles. The molecule has 6 nitrogen and oxygen atoms in total. The van der Waals surface area contributed by atoms with Crippen LogP contribution >= 0.6 is 15.9 Å². The van der Waals surface area contributed by atoms with E-state index in [4.69, 9.17) is 15.2 Å². The van der Waals surface area contributed by atoms with Crippen molar-refractivity contribution in [2.45, 2.75) is 38.0 Å². The Balaban J connectivity index is 1.63. The summed E-state index contributed by atoms with van der Waals surface area (Å²) in [4.78, 5) is 16.7. The molecule has 3 N–H and O–H groups in total. The first-order chi connectivity index (χ1) is 12.6. The number of rotatable bonds is 6. The van der Waals surface area contributed by atoms with E-state index in [0.29, 0.717) is 12.4 Å². The van der Waals surface area contributed by atoms with Crippen LogP contribution < -0.4 is 15.8 Å². The fourth-order valence-corrected chi connectivity index (χ4v) is 3.44. The zero-order chi connectivity index (χ0) is 18.5. The van der Waals surface area contributed by atoms with E-state index < -0.39 is 0 Å². The summed E-state index contributed by atoms with van der Waals surface area (Å²) in [5, 5.41) is 3.03. The average molecular weight is 420 g/mol. The standard InChI is InChI=1S/C19H22BrN3O3/c1-25-16-9-10-22-18(21)17(16)19(24)23-14-3-2-4-15(14)26-11-12-5-7-13(20)8-6-12/h5-10,14-15H,2-4,11H2,1H3,(H2,21,22)(H,23,24)/t14-,15-/m0/s1. The third kappa shape index (κ3) is 4.34. The van der Waals surface area contributed by atoms with E-state index in [1.165, 1.54) is 13.3 Å². The minimum atomic E-state index is -0.281. The topological polar surface area (TPSA) is 86.5 Å². The van der Waals surface area contributed by atoms with Crippen molar-refractivity contribution in [1.82, 2.24) is 10.3 Å². The van der Waals surface area contributed by atoms with Crippen molar-refractivity contribution in [3.8, 4) is 5.75 Å². The molecule has 0 aliphatic heterocycles. The number of benzene rings is 1. The van der Waals surface area contributed by atoms with Crippen LogP contribution in [0.1, 0.15) is 35.2 Å². The van der Waals surface area contributed by atoms with Gasteiger partial charge in [-0.25, -0.2) is 4.98 Å². The molecule has 138 valence electrons. The number of aromatic nitrogens is 1. The SMILES string of the molecule is COc1ccnc(N)c1C(=O)N[C@H]1CCC[C@@H]1OCc1ccc(Br)cc1. The molecular formula is C19H22BrN3O3. The van der Waals surface area contributed by atoms with Gasteiger partial charge in [0.15, 0.2) is 0 Å². The summed E-state index contributed by atoms with van der Waals surface area (Å²) >= 11 is 3.43. The molecule has 3 rings (SSSR count). The van der Waals surface area contributed by atoms with Crippen molar-refractivity contribution in [1.29, 1.82) is 0 Å². The van der Waals surface area contributed by atoms with Crippen molar-refractivity contribution in [2.24, 2.45) is 0 Å². The molecule has 2 atom stereocenters. The van der Waals surface area contributed by atoms with Gasteiger partial charge in [0, 0.05) is 10.7 Å². The van der Waals surface area contributed by atoms with Crippen LogP contribution in [0.2, 0.25) is 0 Å². The van der Waals surface area contributed by atoms with Gasteiger partial charge in [-0.05, 0) is 43.0 Å². The number of pyridine rings is 1. The molecule has 26 heavy (non-hydrogen) atoms. The fraction of sp³-hybridized carbons (Fsp3) is 0.368. The minimum absolute atomic E-state index is 0.0218. The molecule has 0 unspecified atom stereocenters. The molecule has 1 fully saturated rings. The Kier molecular flexibility index (Phi) is 6.11. The number of amides is 1. The van der Waals surface area contributed by atoms with Gasteiger partial charge < -0.3 is 20.5 Å². The number of hydrogen-bond donors (Lipinski definition) is 2. The van der Waals surface area contributed by atoms with Crippen LogP contribution in [-0.2, 0) is 11.3 Å². The van der Waals surface area contributed by atoms with E-state index in [-0.39, 0.29) is 29.4 Å². The highest BCUT2D eigenvalue weighted by atomic mass is 79.9. The zero-order valence-electron chi connectivity index (χ0n) is 14.6. The third-order valence-corrected chi connectivity index (χ3v) is 5.06. The highest BCUT2D eigenvalue weighted by molar-refractivity contribution is 9.10. The van der Waals surface area contributed by atoms with Crippen molar-refractivity contribution in [3.63, 3.8) is 0 Å². The number of halogens is 1. The molecule has 1 amide bonds. The molecule has 1 aliphatic rings. The van der Waals surface area contributed by atoms with Gasteiger partial charge in [0.05, 0.1) is 25.9 Å². The lowest BCUT2D eigenvalue weighted by Crippen LogP contribution is -2.41. The molecule has 1 heterocycles. The number of anilines is 1. The normalized spacial score (nSPS) is 19.3. The van der Waals surface area contributed by atoms with Gasteiger partial charge in [-0.15, -0.1) is 0 Å². The molecule has 0 radical (unpaired) electrons. The summed E-state index contributed by atoms with van der Waals surface area (Å²) in [6, 6.07) is 9.60. The number of nitrogens with zero attached hydrogens (tertiary/aromatic N) is 1. The maximum atomic E-state index is 12.7. The number of carbonyl (C=O) groups is 1. The summed E-state index contributed by atoms with van der Waals surface area (Å²) in [6.45, 7) is 0.517. The number of methoxy groups -OCH3 is 1. The van der Waals surface area contributed by atoms with E-state index in [1.54, 1.807) is 6.07 Å². The molecule has 7 heteroatoms. The van der Waals surface area contributed by atoms with Gasteiger partial charge in [-0.2, -0.15) is 0 Å². The fourth-order valence-electron chi connectivity index (χ4n) is 3.17. The molecule has 1 aromatic carbocycles. The van der Waals surface area contributed by atoms with Crippen molar-refractivity contribution in [2.75, 3.05) is 12.8 Å². The first-order valence-electron chi connectivity index (χ1n) is 8.54. The zero-order valence-corrected chi connectivity index (χ0v) is 16.2. The lowest BCUT2D eigenvalue weighted by Gasteiger charge is -2.22. The number of ether oxygens (including phenoxy) is 2. The van der Waals surface area contributed by atoms with Crippen LogP contribution in [0, 0.1) is 0 Å². The van der Waals surface area contributed by atoms with Crippen LogP contribution in [0.15, 0.2) is 41.0 Å². The molecule has 1 aliphatic carbocycles. The van der Waals surface area contributed by atoms with E-state index in [0.717, 1.165) is 29.3 Å².